The lowest BCUT2D eigenvalue weighted by atomic mass is 9.84. The highest BCUT2D eigenvalue weighted by Gasteiger charge is 2.28. The van der Waals surface area contributed by atoms with Crippen LogP contribution in [0.1, 0.15) is 71.6 Å². The molecule has 1 unspecified atom stereocenters. The summed E-state index contributed by atoms with van der Waals surface area (Å²) in [6, 6.07) is 0. The minimum atomic E-state index is 0.515. The summed E-state index contributed by atoms with van der Waals surface area (Å²) < 4.78 is 0. The quantitative estimate of drug-likeness (QED) is 0.705. The van der Waals surface area contributed by atoms with Gasteiger partial charge in [-0.1, -0.05) is 46.0 Å². The van der Waals surface area contributed by atoms with Crippen LogP contribution in [0.25, 0.3) is 0 Å². The van der Waals surface area contributed by atoms with Crippen molar-refractivity contribution in [2.75, 3.05) is 6.54 Å². The van der Waals surface area contributed by atoms with Crippen molar-refractivity contribution in [1.82, 2.24) is 5.32 Å². The third-order valence-corrected chi connectivity index (χ3v) is 3.57. The fourth-order valence-corrected chi connectivity index (χ4v) is 2.75. The average Bonchev–Trinajstić information content (AvgIpc) is 2.42. The maximum absolute atomic E-state index is 3.83. The molecule has 1 N–H and O–H groups in total. The van der Waals surface area contributed by atoms with Crippen molar-refractivity contribution in [3.63, 3.8) is 0 Å². The van der Waals surface area contributed by atoms with Crippen molar-refractivity contribution in [2.45, 2.75) is 77.2 Å². The molecule has 1 heteroatoms. The first kappa shape index (κ1) is 12.0. The summed E-state index contributed by atoms with van der Waals surface area (Å²) in [5.74, 6) is 0. The van der Waals surface area contributed by atoms with E-state index in [0.29, 0.717) is 5.54 Å². The second-order valence-corrected chi connectivity index (χ2v) is 4.87. The van der Waals surface area contributed by atoms with Crippen molar-refractivity contribution in [1.29, 1.82) is 0 Å². The monoisotopic (exact) mass is 197 g/mol. The SMILES string of the molecule is CCCCC1(CCC)CCCCCN1. The normalized spacial score (nSPS) is 28.7. The Balaban J connectivity index is 2.48. The van der Waals surface area contributed by atoms with E-state index in [9.17, 15) is 0 Å². The smallest absolute Gasteiger partial charge is 0.0181 e. The molecule has 0 amide bonds. The Kier molecular flexibility index (Phi) is 5.54. The van der Waals surface area contributed by atoms with Gasteiger partial charge in [-0.25, -0.2) is 0 Å². The van der Waals surface area contributed by atoms with E-state index in [4.69, 9.17) is 0 Å². The lowest BCUT2D eigenvalue weighted by Crippen LogP contribution is -2.44. The highest BCUT2D eigenvalue weighted by Crippen LogP contribution is 2.29. The molecule has 0 saturated carbocycles. The molecule has 0 aromatic rings. The van der Waals surface area contributed by atoms with Crippen LogP contribution >= 0.6 is 0 Å². The molecule has 14 heavy (non-hydrogen) atoms. The molecule has 1 aliphatic rings. The zero-order chi connectivity index (χ0) is 10.3. The van der Waals surface area contributed by atoms with Crippen LogP contribution in [0.5, 0.6) is 0 Å². The van der Waals surface area contributed by atoms with Crippen LogP contribution in [0, 0.1) is 0 Å². The zero-order valence-electron chi connectivity index (χ0n) is 10.1. The second kappa shape index (κ2) is 6.44. The van der Waals surface area contributed by atoms with Crippen molar-refractivity contribution < 1.29 is 0 Å². The van der Waals surface area contributed by atoms with Crippen LogP contribution in [0.15, 0.2) is 0 Å². The van der Waals surface area contributed by atoms with E-state index in [1.165, 1.54) is 64.3 Å². The molecule has 0 spiro atoms. The largest absolute Gasteiger partial charge is 0.311 e. The number of hydrogen-bond acceptors (Lipinski definition) is 1. The molecule has 0 radical (unpaired) electrons. The fourth-order valence-electron chi connectivity index (χ4n) is 2.75. The van der Waals surface area contributed by atoms with Crippen molar-refractivity contribution in [3.05, 3.63) is 0 Å². The van der Waals surface area contributed by atoms with Gasteiger partial charge >= 0.3 is 0 Å². The molecule has 0 aliphatic carbocycles. The van der Waals surface area contributed by atoms with E-state index in [2.05, 4.69) is 19.2 Å². The van der Waals surface area contributed by atoms with Gasteiger partial charge in [0.1, 0.15) is 0 Å². The van der Waals surface area contributed by atoms with Crippen LogP contribution in [0.2, 0.25) is 0 Å². The molecule has 0 aromatic heterocycles. The molecule has 1 aliphatic heterocycles. The van der Waals surface area contributed by atoms with Gasteiger partial charge in [0.05, 0.1) is 0 Å². The maximum atomic E-state index is 3.83. The lowest BCUT2D eigenvalue weighted by molar-refractivity contribution is 0.263. The van der Waals surface area contributed by atoms with E-state index in [0.717, 1.165) is 0 Å². The Morgan fingerprint density at radius 3 is 2.57 bits per heavy atom. The van der Waals surface area contributed by atoms with E-state index in [1.807, 2.05) is 0 Å². The van der Waals surface area contributed by atoms with Crippen LogP contribution in [0.4, 0.5) is 0 Å². The third-order valence-electron chi connectivity index (χ3n) is 3.57. The molecule has 1 nitrogen and oxygen atoms in total. The predicted octanol–water partition coefficient (Wildman–Crippen LogP) is 3.88. The van der Waals surface area contributed by atoms with E-state index in [-0.39, 0.29) is 0 Å². The fraction of sp³-hybridized carbons (Fsp3) is 1.00. The van der Waals surface area contributed by atoms with Crippen LogP contribution in [-0.2, 0) is 0 Å². The van der Waals surface area contributed by atoms with E-state index < -0.39 is 0 Å². The van der Waals surface area contributed by atoms with E-state index >= 15 is 0 Å². The van der Waals surface area contributed by atoms with E-state index in [1.54, 1.807) is 0 Å². The average molecular weight is 197 g/mol. The van der Waals surface area contributed by atoms with Gasteiger partial charge in [-0.3, -0.25) is 0 Å². The van der Waals surface area contributed by atoms with Gasteiger partial charge in [0.2, 0.25) is 0 Å². The van der Waals surface area contributed by atoms with Crippen LogP contribution in [-0.4, -0.2) is 12.1 Å². The van der Waals surface area contributed by atoms with Gasteiger partial charge in [-0.05, 0) is 32.2 Å². The molecule has 1 rings (SSSR count). The molecule has 84 valence electrons. The first-order valence-corrected chi connectivity index (χ1v) is 6.58. The van der Waals surface area contributed by atoms with Gasteiger partial charge in [-0.2, -0.15) is 0 Å². The number of hydrogen-bond donors (Lipinski definition) is 1. The molecule has 0 aromatic carbocycles. The lowest BCUT2D eigenvalue weighted by Gasteiger charge is -2.34. The zero-order valence-corrected chi connectivity index (χ0v) is 10.1. The first-order valence-electron chi connectivity index (χ1n) is 6.58. The molecule has 1 fully saturated rings. The summed E-state index contributed by atoms with van der Waals surface area (Å²) in [6.07, 6.45) is 12.5. The summed E-state index contributed by atoms with van der Waals surface area (Å²) in [4.78, 5) is 0. The van der Waals surface area contributed by atoms with Gasteiger partial charge in [-0.15, -0.1) is 0 Å². The molecule has 1 atom stereocenters. The maximum Gasteiger partial charge on any atom is 0.0181 e. The summed E-state index contributed by atoms with van der Waals surface area (Å²) in [6.45, 7) is 5.88. The predicted molar refractivity (Wildman–Crippen MR) is 63.6 cm³/mol. The van der Waals surface area contributed by atoms with Crippen LogP contribution < -0.4 is 5.32 Å². The second-order valence-electron chi connectivity index (χ2n) is 4.87. The molecule has 1 saturated heterocycles. The summed E-state index contributed by atoms with van der Waals surface area (Å²) >= 11 is 0. The van der Waals surface area contributed by atoms with Gasteiger partial charge in [0.15, 0.2) is 0 Å². The van der Waals surface area contributed by atoms with Gasteiger partial charge in [0, 0.05) is 5.54 Å². The number of rotatable bonds is 5. The summed E-state index contributed by atoms with van der Waals surface area (Å²) in [7, 11) is 0. The molecular formula is C13H27N. The highest BCUT2D eigenvalue weighted by atomic mass is 15.0. The minimum absolute atomic E-state index is 0.515. The minimum Gasteiger partial charge on any atom is -0.311 e. The molecular weight excluding hydrogens is 170 g/mol. The Labute approximate surface area is 89.7 Å². The molecule has 0 bridgehead atoms. The Morgan fingerprint density at radius 1 is 1.00 bits per heavy atom. The van der Waals surface area contributed by atoms with Crippen LogP contribution in [0.3, 0.4) is 0 Å². The van der Waals surface area contributed by atoms with Crippen molar-refractivity contribution >= 4 is 0 Å². The topological polar surface area (TPSA) is 12.0 Å². The Bertz CT molecular complexity index is 134. The third kappa shape index (κ3) is 3.61. The summed E-state index contributed by atoms with van der Waals surface area (Å²) in [5.41, 5.74) is 0.515. The number of unbranched alkanes of at least 4 members (excludes halogenated alkanes) is 1. The van der Waals surface area contributed by atoms with Gasteiger partial charge < -0.3 is 5.32 Å². The standard InChI is InChI=1S/C13H27N/c1-3-5-10-13(9-4-2)11-7-6-8-12-14-13/h14H,3-12H2,1-2H3. The Hall–Kier alpha value is -0.0400. The Morgan fingerprint density at radius 2 is 1.86 bits per heavy atom. The van der Waals surface area contributed by atoms with Crippen molar-refractivity contribution in [2.24, 2.45) is 0 Å². The van der Waals surface area contributed by atoms with Crippen molar-refractivity contribution in [3.8, 4) is 0 Å². The molecule has 1 heterocycles. The first-order chi connectivity index (χ1) is 6.83. The highest BCUT2D eigenvalue weighted by molar-refractivity contribution is 4.89. The number of nitrogens with one attached hydrogen (secondary N) is 1. The van der Waals surface area contributed by atoms with Gasteiger partial charge in [0.25, 0.3) is 0 Å². The summed E-state index contributed by atoms with van der Waals surface area (Å²) in [5, 5.41) is 3.83.